The molecule has 2 rings (SSSR count). The molecule has 1 N–H and O–H groups in total. The van der Waals surface area contributed by atoms with Gasteiger partial charge in [0.05, 0.1) is 0 Å². The van der Waals surface area contributed by atoms with Crippen molar-refractivity contribution in [3.8, 4) is 0 Å². The zero-order chi connectivity index (χ0) is 13.8. The largest absolute Gasteiger partial charge is 0.313 e. The van der Waals surface area contributed by atoms with E-state index in [0.717, 1.165) is 16.4 Å². The van der Waals surface area contributed by atoms with E-state index >= 15 is 0 Å². The molecule has 3 unspecified atom stereocenters. The molecule has 0 spiro atoms. The Balaban J connectivity index is 2.17. The molecule has 19 heavy (non-hydrogen) atoms. The van der Waals surface area contributed by atoms with Crippen molar-refractivity contribution in [1.29, 1.82) is 0 Å². The Morgan fingerprint density at radius 1 is 1.37 bits per heavy atom. The SMILES string of the molecule is CNC(C)c1c(F)cccc1SC1CCCC(C)C1. The first-order valence-electron chi connectivity index (χ1n) is 7.24. The smallest absolute Gasteiger partial charge is 0.129 e. The fourth-order valence-corrected chi connectivity index (χ4v) is 4.48. The molecule has 0 aliphatic heterocycles. The molecule has 3 heteroatoms. The second-order valence-electron chi connectivity index (χ2n) is 5.67. The van der Waals surface area contributed by atoms with Gasteiger partial charge in [-0.3, -0.25) is 0 Å². The molecule has 0 radical (unpaired) electrons. The standard InChI is InChI=1S/C16H24FNS/c1-11-6-4-7-13(10-11)19-15-9-5-8-14(17)16(15)12(2)18-3/h5,8-9,11-13,18H,4,6-7,10H2,1-3H3. The number of nitrogens with one attached hydrogen (secondary N) is 1. The number of rotatable bonds is 4. The minimum Gasteiger partial charge on any atom is -0.313 e. The Morgan fingerprint density at radius 3 is 2.84 bits per heavy atom. The highest BCUT2D eigenvalue weighted by Crippen LogP contribution is 2.39. The molecule has 1 aromatic rings. The Hall–Kier alpha value is -0.540. The Morgan fingerprint density at radius 2 is 2.16 bits per heavy atom. The van der Waals surface area contributed by atoms with Crippen molar-refractivity contribution in [1.82, 2.24) is 5.32 Å². The van der Waals surface area contributed by atoms with E-state index in [1.54, 1.807) is 6.07 Å². The topological polar surface area (TPSA) is 12.0 Å². The van der Waals surface area contributed by atoms with Crippen LogP contribution in [0.3, 0.4) is 0 Å². The summed E-state index contributed by atoms with van der Waals surface area (Å²) >= 11 is 1.87. The summed E-state index contributed by atoms with van der Waals surface area (Å²) in [5, 5.41) is 3.80. The number of hydrogen-bond donors (Lipinski definition) is 1. The molecule has 0 aromatic heterocycles. The number of thioether (sulfide) groups is 1. The van der Waals surface area contributed by atoms with Crippen LogP contribution in [0.2, 0.25) is 0 Å². The summed E-state index contributed by atoms with van der Waals surface area (Å²) in [6, 6.07) is 5.52. The van der Waals surface area contributed by atoms with Crippen molar-refractivity contribution in [3.05, 3.63) is 29.6 Å². The van der Waals surface area contributed by atoms with Gasteiger partial charge in [0.1, 0.15) is 5.82 Å². The summed E-state index contributed by atoms with van der Waals surface area (Å²) in [6.45, 7) is 4.35. The molecule has 0 amide bonds. The molecule has 1 saturated carbocycles. The summed E-state index contributed by atoms with van der Waals surface area (Å²) in [5.74, 6) is 0.723. The first-order chi connectivity index (χ1) is 9.11. The van der Waals surface area contributed by atoms with Gasteiger partial charge in [0, 0.05) is 21.8 Å². The molecular weight excluding hydrogens is 257 g/mol. The van der Waals surface area contributed by atoms with Gasteiger partial charge in [-0.05, 0) is 44.9 Å². The maximum atomic E-state index is 14.1. The monoisotopic (exact) mass is 281 g/mol. The minimum atomic E-state index is -0.0873. The van der Waals surface area contributed by atoms with Gasteiger partial charge in [0.25, 0.3) is 0 Å². The lowest BCUT2D eigenvalue weighted by molar-refractivity contribution is 0.394. The lowest BCUT2D eigenvalue weighted by Crippen LogP contribution is -2.18. The average molecular weight is 281 g/mol. The first-order valence-corrected chi connectivity index (χ1v) is 8.12. The van der Waals surface area contributed by atoms with Gasteiger partial charge in [-0.2, -0.15) is 0 Å². The fraction of sp³-hybridized carbons (Fsp3) is 0.625. The zero-order valence-electron chi connectivity index (χ0n) is 12.1. The van der Waals surface area contributed by atoms with E-state index in [4.69, 9.17) is 0 Å². The van der Waals surface area contributed by atoms with Gasteiger partial charge in [0.15, 0.2) is 0 Å². The first kappa shape index (κ1) is 14.9. The van der Waals surface area contributed by atoms with E-state index in [2.05, 4.69) is 18.3 Å². The van der Waals surface area contributed by atoms with E-state index in [1.165, 1.54) is 25.7 Å². The Kier molecular flexibility index (Phi) is 5.28. The fourth-order valence-electron chi connectivity index (χ4n) is 2.85. The summed E-state index contributed by atoms with van der Waals surface area (Å²) in [4.78, 5) is 1.11. The molecule has 1 aliphatic rings. The van der Waals surface area contributed by atoms with Crippen LogP contribution in [0, 0.1) is 11.7 Å². The second-order valence-corrected chi connectivity index (χ2v) is 7.02. The van der Waals surface area contributed by atoms with Crippen LogP contribution in [-0.2, 0) is 0 Å². The molecule has 106 valence electrons. The molecule has 0 heterocycles. The highest BCUT2D eigenvalue weighted by atomic mass is 32.2. The highest BCUT2D eigenvalue weighted by Gasteiger charge is 2.22. The quantitative estimate of drug-likeness (QED) is 0.852. The van der Waals surface area contributed by atoms with Crippen LogP contribution in [0.1, 0.15) is 51.1 Å². The third-order valence-corrected chi connectivity index (χ3v) is 5.43. The molecule has 0 bridgehead atoms. The maximum absolute atomic E-state index is 14.1. The average Bonchev–Trinajstić information content (AvgIpc) is 2.38. The second kappa shape index (κ2) is 6.76. The number of benzene rings is 1. The van der Waals surface area contributed by atoms with Gasteiger partial charge < -0.3 is 5.32 Å². The molecule has 0 saturated heterocycles. The third-order valence-electron chi connectivity index (χ3n) is 4.06. The van der Waals surface area contributed by atoms with E-state index < -0.39 is 0 Å². The predicted molar refractivity (Wildman–Crippen MR) is 81.2 cm³/mol. The summed E-state index contributed by atoms with van der Waals surface area (Å²) in [7, 11) is 1.88. The van der Waals surface area contributed by atoms with Crippen LogP contribution in [-0.4, -0.2) is 12.3 Å². The summed E-state index contributed by atoms with van der Waals surface area (Å²) in [5.41, 5.74) is 0.827. The van der Waals surface area contributed by atoms with Gasteiger partial charge in [-0.15, -0.1) is 11.8 Å². The van der Waals surface area contributed by atoms with E-state index in [1.807, 2.05) is 31.8 Å². The van der Waals surface area contributed by atoms with Crippen molar-refractivity contribution < 1.29 is 4.39 Å². The molecule has 1 aromatic carbocycles. The minimum absolute atomic E-state index is 0.0599. The zero-order valence-corrected chi connectivity index (χ0v) is 12.9. The molecule has 1 nitrogen and oxygen atoms in total. The third kappa shape index (κ3) is 3.73. The van der Waals surface area contributed by atoms with Crippen LogP contribution in [0.15, 0.2) is 23.1 Å². The Labute approximate surface area is 120 Å². The Bertz CT molecular complexity index is 421. The molecule has 1 fully saturated rings. The van der Waals surface area contributed by atoms with Crippen LogP contribution in [0.5, 0.6) is 0 Å². The van der Waals surface area contributed by atoms with Crippen molar-refractivity contribution in [3.63, 3.8) is 0 Å². The van der Waals surface area contributed by atoms with Crippen molar-refractivity contribution in [2.45, 2.75) is 55.7 Å². The van der Waals surface area contributed by atoms with Gasteiger partial charge in [-0.25, -0.2) is 4.39 Å². The van der Waals surface area contributed by atoms with Crippen LogP contribution >= 0.6 is 11.8 Å². The number of halogens is 1. The van der Waals surface area contributed by atoms with Gasteiger partial charge in [0.2, 0.25) is 0 Å². The van der Waals surface area contributed by atoms with E-state index in [9.17, 15) is 4.39 Å². The lowest BCUT2D eigenvalue weighted by Gasteiger charge is -2.27. The van der Waals surface area contributed by atoms with Crippen LogP contribution in [0.25, 0.3) is 0 Å². The highest BCUT2D eigenvalue weighted by molar-refractivity contribution is 8.00. The lowest BCUT2D eigenvalue weighted by atomic mass is 9.91. The van der Waals surface area contributed by atoms with E-state index in [-0.39, 0.29) is 11.9 Å². The van der Waals surface area contributed by atoms with Gasteiger partial charge >= 0.3 is 0 Å². The normalized spacial score (nSPS) is 25.3. The van der Waals surface area contributed by atoms with E-state index in [0.29, 0.717) is 5.25 Å². The van der Waals surface area contributed by atoms with Crippen LogP contribution < -0.4 is 5.32 Å². The summed E-state index contributed by atoms with van der Waals surface area (Å²) in [6.07, 6.45) is 5.18. The maximum Gasteiger partial charge on any atom is 0.129 e. The predicted octanol–water partition coefficient (Wildman–Crippen LogP) is 4.78. The molecular formula is C16H24FNS. The van der Waals surface area contributed by atoms with Crippen molar-refractivity contribution in [2.24, 2.45) is 5.92 Å². The summed E-state index contributed by atoms with van der Waals surface area (Å²) < 4.78 is 14.1. The van der Waals surface area contributed by atoms with Crippen molar-refractivity contribution in [2.75, 3.05) is 7.05 Å². The van der Waals surface area contributed by atoms with Crippen LogP contribution in [0.4, 0.5) is 4.39 Å². The molecule has 3 atom stereocenters. The van der Waals surface area contributed by atoms with Gasteiger partial charge in [-0.1, -0.05) is 25.8 Å². The van der Waals surface area contributed by atoms with Crippen molar-refractivity contribution >= 4 is 11.8 Å². The number of hydrogen-bond acceptors (Lipinski definition) is 2. The molecule has 1 aliphatic carbocycles.